The fourth-order valence-electron chi connectivity index (χ4n) is 3.48. The van der Waals surface area contributed by atoms with E-state index in [9.17, 15) is 14.7 Å². The van der Waals surface area contributed by atoms with Gasteiger partial charge in [-0.25, -0.2) is 9.79 Å². The Bertz CT molecular complexity index is 1090. The van der Waals surface area contributed by atoms with Gasteiger partial charge in [-0.1, -0.05) is 12.1 Å². The lowest BCUT2D eigenvalue weighted by Crippen LogP contribution is -2.44. The molecule has 0 bridgehead atoms. The molecular weight excluding hydrogens is 386 g/mol. The van der Waals surface area contributed by atoms with Gasteiger partial charge in [-0.15, -0.1) is 0 Å². The topological polar surface area (TPSA) is 106 Å². The monoisotopic (exact) mass is 407 g/mol. The highest BCUT2D eigenvalue weighted by Crippen LogP contribution is 2.31. The number of hydrogen-bond donors (Lipinski definition) is 3. The summed E-state index contributed by atoms with van der Waals surface area (Å²) in [5, 5.41) is 15.7. The Morgan fingerprint density at radius 1 is 1.20 bits per heavy atom. The van der Waals surface area contributed by atoms with E-state index < -0.39 is 12.3 Å². The normalized spacial score (nSPS) is 17.7. The van der Waals surface area contributed by atoms with Crippen molar-refractivity contribution in [2.24, 2.45) is 4.99 Å². The third-order valence-corrected chi connectivity index (χ3v) is 5.10. The number of carboxylic acid groups (broad SMARTS) is 1. The number of para-hydroxylation sites is 1. The number of rotatable bonds is 4. The number of benzene rings is 2. The van der Waals surface area contributed by atoms with Crippen LogP contribution in [0.4, 0.5) is 11.4 Å². The Morgan fingerprint density at radius 2 is 1.97 bits per heavy atom. The number of methoxy groups -OCH3 is 1. The molecule has 1 atom stereocenters. The van der Waals surface area contributed by atoms with Crippen molar-refractivity contribution < 1.29 is 19.4 Å². The minimum atomic E-state index is -1.03. The average molecular weight is 407 g/mol. The van der Waals surface area contributed by atoms with Gasteiger partial charge in [-0.3, -0.25) is 4.79 Å². The molecule has 1 unspecified atom stereocenters. The number of nitrogens with one attached hydrogen (secondary N) is 2. The molecule has 0 aliphatic carbocycles. The van der Waals surface area contributed by atoms with Gasteiger partial charge in [0.05, 0.1) is 35.8 Å². The predicted molar refractivity (Wildman–Crippen MR) is 113 cm³/mol. The van der Waals surface area contributed by atoms with Crippen LogP contribution in [0.25, 0.3) is 0 Å². The fraction of sp³-hybridized carbons (Fsp3) is 0.190. The van der Waals surface area contributed by atoms with E-state index in [1.54, 1.807) is 30.3 Å². The number of aliphatic imine (C=N–C) groups is 1. The summed E-state index contributed by atoms with van der Waals surface area (Å²) in [6.07, 6.45) is 1.09. The first-order valence-electron chi connectivity index (χ1n) is 9.23. The largest absolute Gasteiger partial charge is 0.495 e. The van der Waals surface area contributed by atoms with Crippen molar-refractivity contribution in [3.05, 3.63) is 65.1 Å². The maximum absolute atomic E-state index is 12.9. The molecule has 9 nitrogen and oxygen atoms in total. The Kier molecular flexibility index (Phi) is 4.78. The van der Waals surface area contributed by atoms with Crippen LogP contribution in [-0.4, -0.2) is 55.6 Å². The standard InChI is InChI=1S/C21H21N5O4/c1-25-15-7-5-4-6-13(15)19(27)26(2)16-11-22-21(24-18(16)25)23-14-9-8-12(20(28)29)10-17(14)30-3/h4-11,21,23-24H,1-3H3,(H,28,29). The zero-order valence-electron chi connectivity index (χ0n) is 16.7. The Labute approximate surface area is 173 Å². The number of carboxylic acids is 1. The number of fused-ring (bicyclic) bond motifs is 1. The molecule has 0 fully saturated rings. The number of ether oxygens (including phenoxy) is 1. The van der Waals surface area contributed by atoms with Gasteiger partial charge in [0.15, 0.2) is 6.29 Å². The molecule has 2 heterocycles. The Balaban J connectivity index is 1.64. The molecule has 2 aromatic carbocycles. The van der Waals surface area contributed by atoms with Crippen LogP contribution in [0.1, 0.15) is 20.7 Å². The smallest absolute Gasteiger partial charge is 0.335 e. The quantitative estimate of drug-likeness (QED) is 0.713. The van der Waals surface area contributed by atoms with Crippen LogP contribution in [0.3, 0.4) is 0 Å². The van der Waals surface area contributed by atoms with E-state index in [0.717, 1.165) is 5.69 Å². The first kappa shape index (κ1) is 19.3. The second-order valence-corrected chi connectivity index (χ2v) is 6.86. The minimum Gasteiger partial charge on any atom is -0.495 e. The molecule has 0 spiro atoms. The molecular formula is C21H21N5O4. The van der Waals surface area contributed by atoms with E-state index in [-0.39, 0.29) is 11.5 Å². The number of carbonyl (C=O) groups excluding carboxylic acids is 1. The highest BCUT2D eigenvalue weighted by molar-refractivity contribution is 6.05. The highest BCUT2D eigenvalue weighted by atomic mass is 16.5. The number of nitrogens with zero attached hydrogens (tertiary/aromatic N) is 3. The SMILES string of the molecule is COc1cc(C(=O)O)ccc1NC1N=CC2=C(N1)N(C)c1ccccc1C(=O)N2C. The Hall–Kier alpha value is -4.01. The summed E-state index contributed by atoms with van der Waals surface area (Å²) in [7, 11) is 5.07. The molecule has 3 N–H and O–H groups in total. The van der Waals surface area contributed by atoms with Crippen LogP contribution >= 0.6 is 0 Å². The molecule has 154 valence electrons. The summed E-state index contributed by atoms with van der Waals surface area (Å²) < 4.78 is 5.32. The van der Waals surface area contributed by atoms with Crippen LogP contribution in [0.5, 0.6) is 5.75 Å². The number of allylic oxidation sites excluding steroid dienone is 1. The average Bonchev–Trinajstić information content (AvgIpc) is 2.84. The van der Waals surface area contributed by atoms with Crippen molar-refractivity contribution in [1.29, 1.82) is 0 Å². The van der Waals surface area contributed by atoms with Crippen molar-refractivity contribution >= 4 is 29.5 Å². The molecule has 2 aromatic rings. The van der Waals surface area contributed by atoms with Crippen LogP contribution in [-0.2, 0) is 0 Å². The molecule has 1 amide bonds. The maximum atomic E-state index is 12.9. The predicted octanol–water partition coefficient (Wildman–Crippen LogP) is 2.15. The first-order chi connectivity index (χ1) is 14.4. The van der Waals surface area contributed by atoms with E-state index in [1.165, 1.54) is 19.2 Å². The summed E-state index contributed by atoms with van der Waals surface area (Å²) in [5.74, 6) is -0.0501. The molecule has 0 saturated carbocycles. The van der Waals surface area contributed by atoms with Gasteiger partial charge in [-0.2, -0.15) is 0 Å². The van der Waals surface area contributed by atoms with Gasteiger partial charge in [-0.05, 0) is 30.3 Å². The summed E-state index contributed by atoms with van der Waals surface area (Å²) in [4.78, 5) is 32.0. The van der Waals surface area contributed by atoms with Gasteiger partial charge in [0.25, 0.3) is 5.91 Å². The lowest BCUT2D eigenvalue weighted by molar-refractivity contribution is 0.0696. The molecule has 30 heavy (non-hydrogen) atoms. The second kappa shape index (κ2) is 7.43. The number of anilines is 2. The van der Waals surface area contributed by atoms with Gasteiger partial charge in [0, 0.05) is 14.1 Å². The zero-order valence-corrected chi connectivity index (χ0v) is 16.7. The van der Waals surface area contributed by atoms with Gasteiger partial charge < -0.3 is 30.3 Å². The first-order valence-corrected chi connectivity index (χ1v) is 9.23. The summed E-state index contributed by atoms with van der Waals surface area (Å²) in [6, 6.07) is 12.0. The number of carbonyl (C=O) groups is 2. The molecule has 0 radical (unpaired) electrons. The highest BCUT2D eigenvalue weighted by Gasteiger charge is 2.31. The lowest BCUT2D eigenvalue weighted by atomic mass is 10.1. The van der Waals surface area contributed by atoms with Crippen molar-refractivity contribution in [3.63, 3.8) is 0 Å². The number of amides is 1. The van der Waals surface area contributed by atoms with Crippen molar-refractivity contribution in [1.82, 2.24) is 10.2 Å². The summed E-state index contributed by atoms with van der Waals surface area (Å²) in [5.41, 5.74) is 2.74. The van der Waals surface area contributed by atoms with Crippen LogP contribution in [0.15, 0.2) is 59.0 Å². The van der Waals surface area contributed by atoms with E-state index in [1.807, 2.05) is 30.1 Å². The van der Waals surface area contributed by atoms with Crippen LogP contribution < -0.4 is 20.3 Å². The van der Waals surface area contributed by atoms with Crippen LogP contribution in [0.2, 0.25) is 0 Å². The van der Waals surface area contributed by atoms with E-state index >= 15 is 0 Å². The lowest BCUT2D eigenvalue weighted by Gasteiger charge is -2.32. The third kappa shape index (κ3) is 3.20. The summed E-state index contributed by atoms with van der Waals surface area (Å²) >= 11 is 0. The molecule has 0 saturated heterocycles. The van der Waals surface area contributed by atoms with Crippen molar-refractivity contribution in [2.45, 2.75) is 6.29 Å². The Morgan fingerprint density at radius 3 is 2.70 bits per heavy atom. The van der Waals surface area contributed by atoms with Crippen molar-refractivity contribution in [3.8, 4) is 5.75 Å². The maximum Gasteiger partial charge on any atom is 0.335 e. The molecule has 9 heteroatoms. The van der Waals surface area contributed by atoms with E-state index in [2.05, 4.69) is 15.6 Å². The minimum absolute atomic E-state index is 0.118. The molecule has 2 aliphatic rings. The van der Waals surface area contributed by atoms with Crippen molar-refractivity contribution in [2.75, 3.05) is 31.4 Å². The number of aromatic carboxylic acids is 1. The molecule has 0 aromatic heterocycles. The summed E-state index contributed by atoms with van der Waals surface area (Å²) in [6.45, 7) is 0. The van der Waals surface area contributed by atoms with Gasteiger partial charge in [0.2, 0.25) is 0 Å². The van der Waals surface area contributed by atoms with E-state index in [4.69, 9.17) is 4.74 Å². The van der Waals surface area contributed by atoms with E-state index in [0.29, 0.717) is 28.5 Å². The number of hydrogen-bond acceptors (Lipinski definition) is 7. The second-order valence-electron chi connectivity index (χ2n) is 6.86. The fourth-order valence-corrected chi connectivity index (χ4v) is 3.48. The molecule has 2 aliphatic heterocycles. The molecule has 4 rings (SSSR count). The van der Waals surface area contributed by atoms with Crippen LogP contribution in [0, 0.1) is 0 Å². The van der Waals surface area contributed by atoms with Gasteiger partial charge >= 0.3 is 5.97 Å². The third-order valence-electron chi connectivity index (χ3n) is 5.10. The zero-order chi connectivity index (χ0) is 21.4. The van der Waals surface area contributed by atoms with Gasteiger partial charge in [0.1, 0.15) is 17.3 Å².